The van der Waals surface area contributed by atoms with Gasteiger partial charge in [-0.2, -0.15) is 0 Å². The molecule has 4 aromatic carbocycles. The SMILES string of the molecule is COc1ccc2c(ccc3c4ccc(C)cc4c(Cl)cc23)c1Cl. The van der Waals surface area contributed by atoms with Gasteiger partial charge in [0, 0.05) is 15.8 Å². The van der Waals surface area contributed by atoms with Crippen molar-refractivity contribution >= 4 is 55.5 Å². The van der Waals surface area contributed by atoms with Crippen LogP contribution in [0.1, 0.15) is 5.56 Å². The highest BCUT2D eigenvalue weighted by Crippen LogP contribution is 2.40. The molecule has 0 radical (unpaired) electrons. The Hall–Kier alpha value is -1.96. The zero-order valence-electron chi connectivity index (χ0n) is 12.8. The van der Waals surface area contributed by atoms with Crippen molar-refractivity contribution in [2.24, 2.45) is 0 Å². The van der Waals surface area contributed by atoms with Gasteiger partial charge < -0.3 is 4.74 Å². The Morgan fingerprint density at radius 3 is 2.09 bits per heavy atom. The van der Waals surface area contributed by atoms with E-state index in [1.807, 2.05) is 18.2 Å². The fourth-order valence-corrected chi connectivity index (χ4v) is 3.79. The number of methoxy groups -OCH3 is 1. The predicted octanol–water partition coefficient (Wildman–Crippen LogP) is 6.77. The Morgan fingerprint density at radius 1 is 0.696 bits per heavy atom. The van der Waals surface area contributed by atoms with Crippen LogP contribution in [0.15, 0.2) is 48.5 Å². The summed E-state index contributed by atoms with van der Waals surface area (Å²) in [6, 6.07) is 16.5. The molecule has 0 saturated carbocycles. The molecule has 0 N–H and O–H groups in total. The number of rotatable bonds is 1. The van der Waals surface area contributed by atoms with E-state index in [0.717, 1.165) is 32.0 Å². The van der Waals surface area contributed by atoms with Crippen LogP contribution in [-0.2, 0) is 0 Å². The zero-order chi connectivity index (χ0) is 16.1. The molecule has 0 aliphatic heterocycles. The Bertz CT molecular complexity index is 1080. The highest BCUT2D eigenvalue weighted by molar-refractivity contribution is 6.40. The monoisotopic (exact) mass is 340 g/mol. The Labute approximate surface area is 144 Å². The largest absolute Gasteiger partial charge is 0.495 e. The van der Waals surface area contributed by atoms with Crippen LogP contribution in [0.5, 0.6) is 5.75 Å². The molecule has 1 nitrogen and oxygen atoms in total. The van der Waals surface area contributed by atoms with Gasteiger partial charge in [0.05, 0.1) is 12.1 Å². The van der Waals surface area contributed by atoms with E-state index in [4.69, 9.17) is 27.9 Å². The van der Waals surface area contributed by atoms with Crippen LogP contribution in [0.3, 0.4) is 0 Å². The van der Waals surface area contributed by atoms with Crippen molar-refractivity contribution in [3.8, 4) is 5.75 Å². The first kappa shape index (κ1) is 14.6. The average Bonchev–Trinajstić information content (AvgIpc) is 2.55. The van der Waals surface area contributed by atoms with Gasteiger partial charge in [-0.3, -0.25) is 0 Å². The second-order valence-electron chi connectivity index (χ2n) is 5.75. The molecule has 0 aromatic heterocycles. The molecular weight excluding hydrogens is 327 g/mol. The van der Waals surface area contributed by atoms with E-state index >= 15 is 0 Å². The van der Waals surface area contributed by atoms with Gasteiger partial charge >= 0.3 is 0 Å². The van der Waals surface area contributed by atoms with E-state index in [9.17, 15) is 0 Å². The molecule has 4 rings (SSSR count). The highest BCUT2D eigenvalue weighted by atomic mass is 35.5. The van der Waals surface area contributed by atoms with Crippen LogP contribution in [0.4, 0.5) is 0 Å². The van der Waals surface area contributed by atoms with E-state index in [0.29, 0.717) is 10.8 Å². The van der Waals surface area contributed by atoms with Crippen LogP contribution in [0.2, 0.25) is 10.0 Å². The summed E-state index contributed by atoms with van der Waals surface area (Å²) in [4.78, 5) is 0. The lowest BCUT2D eigenvalue weighted by atomic mass is 9.96. The normalized spacial score (nSPS) is 11.5. The molecule has 0 bridgehead atoms. The number of hydrogen-bond acceptors (Lipinski definition) is 1. The van der Waals surface area contributed by atoms with E-state index in [-0.39, 0.29) is 0 Å². The lowest BCUT2D eigenvalue weighted by Gasteiger charge is -2.12. The molecule has 0 saturated heterocycles. The van der Waals surface area contributed by atoms with Gasteiger partial charge in [0.25, 0.3) is 0 Å². The topological polar surface area (TPSA) is 9.23 Å². The van der Waals surface area contributed by atoms with Gasteiger partial charge in [-0.15, -0.1) is 0 Å². The lowest BCUT2D eigenvalue weighted by Crippen LogP contribution is -1.87. The summed E-state index contributed by atoms with van der Waals surface area (Å²) in [5.41, 5.74) is 1.20. The lowest BCUT2D eigenvalue weighted by molar-refractivity contribution is 0.415. The molecule has 0 heterocycles. The van der Waals surface area contributed by atoms with Crippen molar-refractivity contribution in [2.75, 3.05) is 7.11 Å². The number of benzene rings is 4. The second kappa shape index (κ2) is 5.30. The third kappa shape index (κ3) is 2.15. The fourth-order valence-electron chi connectivity index (χ4n) is 3.22. The molecule has 3 heteroatoms. The molecule has 0 amide bonds. The molecule has 0 aliphatic rings. The van der Waals surface area contributed by atoms with Crippen LogP contribution in [-0.4, -0.2) is 7.11 Å². The molecular formula is C20H14Cl2O. The molecule has 0 atom stereocenters. The number of aryl methyl sites for hydroxylation is 1. The molecule has 0 spiro atoms. The molecule has 0 unspecified atom stereocenters. The molecule has 4 aromatic rings. The smallest absolute Gasteiger partial charge is 0.138 e. The number of ether oxygens (including phenoxy) is 1. The Balaban J connectivity index is 2.21. The van der Waals surface area contributed by atoms with Crippen molar-refractivity contribution in [2.45, 2.75) is 6.92 Å². The first-order chi connectivity index (χ1) is 11.1. The van der Waals surface area contributed by atoms with Crippen molar-refractivity contribution in [3.05, 3.63) is 64.1 Å². The summed E-state index contributed by atoms with van der Waals surface area (Å²) in [7, 11) is 1.63. The summed E-state index contributed by atoms with van der Waals surface area (Å²) in [5, 5.41) is 7.97. The van der Waals surface area contributed by atoms with Crippen molar-refractivity contribution < 1.29 is 4.74 Å². The third-order valence-corrected chi connectivity index (χ3v) is 5.06. The summed E-state index contributed by atoms with van der Waals surface area (Å²) >= 11 is 13.0. The van der Waals surface area contributed by atoms with Gasteiger partial charge in [-0.25, -0.2) is 0 Å². The summed E-state index contributed by atoms with van der Waals surface area (Å²) in [6.45, 7) is 2.08. The van der Waals surface area contributed by atoms with E-state index in [1.165, 1.54) is 10.9 Å². The van der Waals surface area contributed by atoms with Gasteiger partial charge in [-0.1, -0.05) is 53.0 Å². The minimum Gasteiger partial charge on any atom is -0.495 e. The molecule has 0 aliphatic carbocycles. The fraction of sp³-hybridized carbons (Fsp3) is 0.100. The molecule has 114 valence electrons. The minimum absolute atomic E-state index is 0.632. The first-order valence-electron chi connectivity index (χ1n) is 7.38. The minimum atomic E-state index is 0.632. The zero-order valence-corrected chi connectivity index (χ0v) is 14.3. The maximum atomic E-state index is 6.55. The number of fused-ring (bicyclic) bond motifs is 5. The van der Waals surface area contributed by atoms with Crippen LogP contribution >= 0.6 is 23.2 Å². The summed E-state index contributed by atoms with van der Waals surface area (Å²) in [6.07, 6.45) is 0. The molecule has 0 fully saturated rings. The third-order valence-electron chi connectivity index (χ3n) is 4.35. The molecule has 23 heavy (non-hydrogen) atoms. The van der Waals surface area contributed by atoms with Crippen molar-refractivity contribution in [1.82, 2.24) is 0 Å². The van der Waals surface area contributed by atoms with Crippen LogP contribution in [0, 0.1) is 6.92 Å². The van der Waals surface area contributed by atoms with Gasteiger partial charge in [0.1, 0.15) is 5.75 Å². The Kier molecular flexibility index (Phi) is 3.37. The second-order valence-corrected chi connectivity index (χ2v) is 6.53. The van der Waals surface area contributed by atoms with Crippen molar-refractivity contribution in [3.63, 3.8) is 0 Å². The van der Waals surface area contributed by atoms with Gasteiger partial charge in [-0.05, 0) is 52.7 Å². The average molecular weight is 341 g/mol. The van der Waals surface area contributed by atoms with Crippen LogP contribution < -0.4 is 4.74 Å². The highest BCUT2D eigenvalue weighted by Gasteiger charge is 2.12. The Morgan fingerprint density at radius 2 is 1.30 bits per heavy atom. The standard InChI is InChI=1S/C20H14Cl2O/c1-11-3-4-13-12-5-6-15-14(7-8-19(23-2)20(15)22)16(12)10-18(21)17(13)9-11/h3-10H,1-2H3. The van der Waals surface area contributed by atoms with E-state index < -0.39 is 0 Å². The summed E-state index contributed by atoms with van der Waals surface area (Å²) < 4.78 is 5.31. The van der Waals surface area contributed by atoms with Gasteiger partial charge in [0.2, 0.25) is 0 Å². The number of halogens is 2. The number of hydrogen-bond donors (Lipinski definition) is 0. The maximum absolute atomic E-state index is 6.55. The van der Waals surface area contributed by atoms with Crippen molar-refractivity contribution in [1.29, 1.82) is 0 Å². The summed E-state index contributed by atoms with van der Waals surface area (Å²) in [5.74, 6) is 0.682. The predicted molar refractivity (Wildman–Crippen MR) is 100 cm³/mol. The quantitative estimate of drug-likeness (QED) is 0.347. The van der Waals surface area contributed by atoms with Gasteiger partial charge in [0.15, 0.2) is 0 Å². The van der Waals surface area contributed by atoms with E-state index in [1.54, 1.807) is 7.11 Å². The van der Waals surface area contributed by atoms with Crippen LogP contribution in [0.25, 0.3) is 32.3 Å². The maximum Gasteiger partial charge on any atom is 0.138 e. The van der Waals surface area contributed by atoms with E-state index in [2.05, 4.69) is 37.3 Å². The first-order valence-corrected chi connectivity index (χ1v) is 8.13.